The van der Waals surface area contributed by atoms with E-state index in [-0.39, 0.29) is 6.79 Å². The van der Waals surface area contributed by atoms with Gasteiger partial charge in [0.25, 0.3) is 0 Å². The topological polar surface area (TPSA) is 81.8 Å². The Morgan fingerprint density at radius 1 is 1.42 bits per heavy atom. The van der Waals surface area contributed by atoms with E-state index in [2.05, 4.69) is 15.5 Å². The molecule has 3 N–H and O–H groups in total. The number of nitrogen functional groups attached to an aromatic ring is 1. The van der Waals surface area contributed by atoms with Gasteiger partial charge in [-0.1, -0.05) is 0 Å². The number of nitrogens with one attached hydrogen (secondary N) is 1. The lowest BCUT2D eigenvalue weighted by molar-refractivity contribution is 0.174. The largest absolute Gasteiger partial charge is 0.454 e. The molecular formula is C12H12N4O2S. The van der Waals surface area contributed by atoms with Gasteiger partial charge >= 0.3 is 0 Å². The number of aromatic nitrogens is 1. The third kappa shape index (κ3) is 2.45. The average molecular weight is 276 g/mol. The van der Waals surface area contributed by atoms with Crippen LogP contribution in [-0.4, -0.2) is 18.0 Å². The van der Waals surface area contributed by atoms with Crippen LogP contribution in [0.25, 0.3) is 0 Å². The number of aryl methyl sites for hydroxylation is 1. The van der Waals surface area contributed by atoms with E-state index < -0.39 is 0 Å². The van der Waals surface area contributed by atoms with Crippen LogP contribution in [-0.2, 0) is 0 Å². The first-order valence-electron chi connectivity index (χ1n) is 5.63. The van der Waals surface area contributed by atoms with Crippen LogP contribution < -0.4 is 20.6 Å². The van der Waals surface area contributed by atoms with E-state index in [0.29, 0.717) is 10.9 Å². The molecule has 3 rings (SSSR count). The molecule has 1 aromatic heterocycles. The molecular weight excluding hydrogens is 264 g/mol. The number of ether oxygens (including phenoxy) is 2. The number of rotatable bonds is 3. The van der Waals surface area contributed by atoms with E-state index in [9.17, 15) is 0 Å². The third-order valence-electron chi connectivity index (χ3n) is 2.65. The van der Waals surface area contributed by atoms with Crippen LogP contribution in [0.1, 0.15) is 11.1 Å². The monoisotopic (exact) mass is 276 g/mol. The van der Waals surface area contributed by atoms with Gasteiger partial charge < -0.3 is 15.2 Å². The van der Waals surface area contributed by atoms with Crippen molar-refractivity contribution in [2.45, 2.75) is 6.92 Å². The Balaban J connectivity index is 1.76. The van der Waals surface area contributed by atoms with Crippen molar-refractivity contribution < 1.29 is 9.47 Å². The Labute approximate surface area is 113 Å². The average Bonchev–Trinajstić information content (AvgIpc) is 2.98. The van der Waals surface area contributed by atoms with Gasteiger partial charge in [0, 0.05) is 10.9 Å². The van der Waals surface area contributed by atoms with Gasteiger partial charge in [0.2, 0.25) is 11.9 Å². The lowest BCUT2D eigenvalue weighted by Crippen LogP contribution is -1.93. The molecule has 1 aliphatic rings. The molecule has 2 heterocycles. The number of anilines is 2. The van der Waals surface area contributed by atoms with Gasteiger partial charge in [0.15, 0.2) is 11.5 Å². The predicted molar refractivity (Wildman–Crippen MR) is 75.0 cm³/mol. The van der Waals surface area contributed by atoms with Crippen molar-refractivity contribution in [1.29, 1.82) is 0 Å². The van der Waals surface area contributed by atoms with E-state index in [1.54, 1.807) is 11.6 Å². The van der Waals surface area contributed by atoms with Crippen molar-refractivity contribution in [3.63, 3.8) is 0 Å². The van der Waals surface area contributed by atoms with Gasteiger partial charge in [-0.05, 0) is 24.6 Å². The van der Waals surface area contributed by atoms with Crippen molar-refractivity contribution in [3.05, 3.63) is 28.6 Å². The third-order valence-corrected chi connectivity index (χ3v) is 3.41. The van der Waals surface area contributed by atoms with Gasteiger partial charge in [-0.3, -0.25) is 5.43 Å². The second-order valence-corrected chi connectivity index (χ2v) is 4.87. The highest BCUT2D eigenvalue weighted by Crippen LogP contribution is 2.34. The Morgan fingerprint density at radius 3 is 2.95 bits per heavy atom. The van der Waals surface area contributed by atoms with E-state index >= 15 is 0 Å². The van der Waals surface area contributed by atoms with Crippen LogP contribution >= 0.6 is 11.3 Å². The molecule has 1 aliphatic heterocycles. The number of hydrogen-bond acceptors (Lipinski definition) is 7. The standard InChI is InChI=1S/C12H12N4O2S/c1-7-2-9-10(18-6-17-9)3-8(7)4-14-16-12-15-11(13)5-19-12/h2-5H,6,13H2,1H3,(H,15,16). The van der Waals surface area contributed by atoms with Crippen molar-refractivity contribution >= 4 is 28.5 Å². The zero-order chi connectivity index (χ0) is 13.2. The zero-order valence-corrected chi connectivity index (χ0v) is 11.0. The highest BCUT2D eigenvalue weighted by Gasteiger charge is 2.14. The molecule has 0 spiro atoms. The Kier molecular flexibility index (Phi) is 2.96. The second-order valence-electron chi connectivity index (χ2n) is 4.01. The summed E-state index contributed by atoms with van der Waals surface area (Å²) < 4.78 is 10.6. The molecule has 0 radical (unpaired) electrons. The number of nitrogens with two attached hydrogens (primary N) is 1. The first-order valence-corrected chi connectivity index (χ1v) is 6.50. The van der Waals surface area contributed by atoms with E-state index in [4.69, 9.17) is 15.2 Å². The minimum absolute atomic E-state index is 0.270. The summed E-state index contributed by atoms with van der Waals surface area (Å²) in [4.78, 5) is 4.05. The molecule has 0 bridgehead atoms. The Bertz CT molecular complexity index is 639. The number of nitrogens with zero attached hydrogens (tertiary/aromatic N) is 2. The summed E-state index contributed by atoms with van der Waals surface area (Å²) in [5.74, 6) is 2.00. The van der Waals surface area contributed by atoms with Crippen LogP contribution in [0.15, 0.2) is 22.6 Å². The summed E-state index contributed by atoms with van der Waals surface area (Å²) in [6.07, 6.45) is 1.72. The molecule has 1 aromatic carbocycles. The Hall–Kier alpha value is -2.28. The molecule has 0 saturated carbocycles. The Morgan fingerprint density at radius 2 is 2.21 bits per heavy atom. The molecule has 0 fully saturated rings. The minimum Gasteiger partial charge on any atom is -0.454 e. The van der Waals surface area contributed by atoms with Crippen LogP contribution in [0, 0.1) is 6.92 Å². The molecule has 0 unspecified atom stereocenters. The highest BCUT2D eigenvalue weighted by atomic mass is 32.1. The maximum atomic E-state index is 5.52. The van der Waals surface area contributed by atoms with Crippen molar-refractivity contribution in [1.82, 2.24) is 4.98 Å². The number of fused-ring (bicyclic) bond motifs is 1. The van der Waals surface area contributed by atoms with E-state index in [1.165, 1.54) is 11.3 Å². The lowest BCUT2D eigenvalue weighted by Gasteiger charge is -2.02. The van der Waals surface area contributed by atoms with Gasteiger partial charge in [-0.2, -0.15) is 5.10 Å². The molecule has 19 heavy (non-hydrogen) atoms. The van der Waals surface area contributed by atoms with Gasteiger partial charge in [-0.15, -0.1) is 11.3 Å². The smallest absolute Gasteiger partial charge is 0.231 e. The van der Waals surface area contributed by atoms with Gasteiger partial charge in [-0.25, -0.2) is 4.98 Å². The molecule has 7 heteroatoms. The minimum atomic E-state index is 0.270. The fourth-order valence-electron chi connectivity index (χ4n) is 1.69. The van der Waals surface area contributed by atoms with Crippen molar-refractivity contribution in [2.75, 3.05) is 18.0 Å². The first kappa shape index (κ1) is 11.8. The summed E-state index contributed by atoms with van der Waals surface area (Å²) in [7, 11) is 0. The summed E-state index contributed by atoms with van der Waals surface area (Å²) >= 11 is 1.40. The molecule has 98 valence electrons. The van der Waals surface area contributed by atoms with Gasteiger partial charge in [0.05, 0.1) is 6.21 Å². The van der Waals surface area contributed by atoms with Crippen LogP contribution in [0.5, 0.6) is 11.5 Å². The predicted octanol–water partition coefficient (Wildman–Crippen LogP) is 2.21. The van der Waals surface area contributed by atoms with Crippen molar-refractivity contribution in [2.24, 2.45) is 5.10 Å². The van der Waals surface area contributed by atoms with Crippen LogP contribution in [0.3, 0.4) is 0 Å². The zero-order valence-electron chi connectivity index (χ0n) is 10.2. The fourth-order valence-corrected chi connectivity index (χ4v) is 2.24. The van der Waals surface area contributed by atoms with Crippen molar-refractivity contribution in [3.8, 4) is 11.5 Å². The van der Waals surface area contributed by atoms with E-state index in [1.807, 2.05) is 19.1 Å². The SMILES string of the molecule is Cc1cc2c(cc1C=NNc1nc(N)cs1)OCO2. The lowest BCUT2D eigenvalue weighted by atomic mass is 10.1. The number of benzene rings is 1. The second kappa shape index (κ2) is 4.77. The maximum Gasteiger partial charge on any atom is 0.231 e. The molecule has 0 atom stereocenters. The first-order chi connectivity index (χ1) is 9.22. The normalized spacial score (nSPS) is 13.1. The summed E-state index contributed by atoms with van der Waals surface area (Å²) in [6, 6.07) is 3.84. The van der Waals surface area contributed by atoms with Crippen LogP contribution in [0.2, 0.25) is 0 Å². The number of hydrogen-bond donors (Lipinski definition) is 2. The molecule has 6 nitrogen and oxygen atoms in total. The quantitative estimate of drug-likeness (QED) is 0.663. The molecule has 0 aliphatic carbocycles. The number of thiazole rings is 1. The summed E-state index contributed by atoms with van der Waals surface area (Å²) in [5, 5.41) is 6.55. The molecule has 0 saturated heterocycles. The molecule has 0 amide bonds. The molecule has 2 aromatic rings. The van der Waals surface area contributed by atoms with Crippen LogP contribution in [0.4, 0.5) is 10.9 Å². The summed E-state index contributed by atoms with van der Waals surface area (Å²) in [6.45, 7) is 2.26. The summed E-state index contributed by atoms with van der Waals surface area (Å²) in [5.41, 5.74) is 10.4. The highest BCUT2D eigenvalue weighted by molar-refractivity contribution is 7.14. The maximum absolute atomic E-state index is 5.52. The van der Waals surface area contributed by atoms with Gasteiger partial charge in [0.1, 0.15) is 5.82 Å². The van der Waals surface area contributed by atoms with E-state index in [0.717, 1.165) is 22.6 Å². The number of hydrazone groups is 1. The fraction of sp³-hybridized carbons (Fsp3) is 0.167.